The Hall–Kier alpha value is -2.32. The summed E-state index contributed by atoms with van der Waals surface area (Å²) in [4.78, 5) is 41.5. The van der Waals surface area contributed by atoms with Crippen molar-refractivity contribution < 1.29 is 64.1 Å². The van der Waals surface area contributed by atoms with Gasteiger partial charge in [0.1, 0.15) is 19.3 Å². The van der Waals surface area contributed by atoms with Crippen molar-refractivity contribution in [3.05, 3.63) is 0 Å². The number of ether oxygens (including phenoxy) is 1. The largest absolute Gasteiger partial charge is 0.550 e. The molecule has 0 radical (unpaired) electrons. The molecule has 0 aromatic heterocycles. The minimum absolute atomic E-state index is 0.0450. The second-order valence-electron chi connectivity index (χ2n) is 6.83. The predicted molar refractivity (Wildman–Crippen MR) is 94.2 cm³/mol. The molecule has 1 atom stereocenters. The van der Waals surface area contributed by atoms with Crippen LogP contribution < -0.4 is 5.11 Å². The van der Waals surface area contributed by atoms with E-state index in [-0.39, 0.29) is 19.8 Å². The van der Waals surface area contributed by atoms with Gasteiger partial charge < -0.3 is 49.8 Å². The lowest BCUT2D eigenvalue weighted by atomic mass is 9.96. The van der Waals surface area contributed by atoms with Crippen molar-refractivity contribution in [3.63, 3.8) is 0 Å². The minimum atomic E-state index is -2.70. The Bertz CT molecular complexity index is 509. The molecule has 0 heterocycles. The number of carboxylic acids is 3. The number of quaternary nitrogens is 1. The Morgan fingerprint density at radius 1 is 1.03 bits per heavy atom. The van der Waals surface area contributed by atoms with Gasteiger partial charge in [-0.25, -0.2) is 4.79 Å². The van der Waals surface area contributed by atoms with E-state index < -0.39 is 48.4 Å². The summed E-state index contributed by atoms with van der Waals surface area (Å²) in [5.41, 5.74) is -2.70. The lowest BCUT2D eigenvalue weighted by molar-refractivity contribution is -0.870. The van der Waals surface area contributed by atoms with Crippen LogP contribution in [0.15, 0.2) is 0 Å². The van der Waals surface area contributed by atoms with Crippen molar-refractivity contribution in [1.82, 2.24) is 0 Å². The van der Waals surface area contributed by atoms with Crippen molar-refractivity contribution in [2.45, 2.75) is 31.5 Å². The molecule has 29 heavy (non-hydrogen) atoms. The molecule has 0 saturated heterocycles. The molecule has 0 amide bonds. The average molecular weight is 429 g/mol. The lowest BCUT2D eigenvalue weighted by Crippen LogP contribution is -2.46. The SMILES string of the molecule is CC(=O)O.C[N+](C)(C)CCOC(=O)CC(O)(CC(=O)[O-])C(=O)O.OCC(O)CO. The zero-order chi connectivity index (χ0) is 23.8. The second kappa shape index (κ2) is 15.6. The van der Waals surface area contributed by atoms with Gasteiger partial charge >= 0.3 is 11.9 Å². The van der Waals surface area contributed by atoms with Gasteiger partial charge in [-0.1, -0.05) is 0 Å². The number of nitrogens with zero attached hydrogens (tertiary/aromatic N) is 1. The van der Waals surface area contributed by atoms with Crippen LogP contribution in [0.5, 0.6) is 0 Å². The number of esters is 1. The first kappa shape index (κ1) is 31.4. The van der Waals surface area contributed by atoms with E-state index in [2.05, 4.69) is 0 Å². The smallest absolute Gasteiger partial charge is 0.336 e. The van der Waals surface area contributed by atoms with Crippen molar-refractivity contribution in [1.29, 1.82) is 0 Å². The number of hydrogen-bond acceptors (Lipinski definition) is 10. The van der Waals surface area contributed by atoms with Crippen LogP contribution in [0, 0.1) is 0 Å². The van der Waals surface area contributed by atoms with Crippen LogP contribution >= 0.6 is 0 Å². The number of carbonyl (C=O) groups is 4. The molecule has 0 fully saturated rings. The third-order valence-electron chi connectivity index (χ3n) is 2.72. The van der Waals surface area contributed by atoms with Crippen LogP contribution in [0.4, 0.5) is 0 Å². The fraction of sp³-hybridized carbons (Fsp3) is 0.750. The van der Waals surface area contributed by atoms with Gasteiger partial charge in [0.2, 0.25) is 0 Å². The zero-order valence-corrected chi connectivity index (χ0v) is 16.9. The van der Waals surface area contributed by atoms with Gasteiger partial charge in [0.25, 0.3) is 5.97 Å². The summed E-state index contributed by atoms with van der Waals surface area (Å²) in [7, 11) is 5.62. The maximum Gasteiger partial charge on any atom is 0.336 e. The number of carboxylic acid groups (broad SMARTS) is 3. The summed E-state index contributed by atoms with van der Waals surface area (Å²) < 4.78 is 5.29. The maximum absolute atomic E-state index is 11.4. The van der Waals surface area contributed by atoms with E-state index in [1.807, 2.05) is 21.1 Å². The van der Waals surface area contributed by atoms with E-state index in [0.717, 1.165) is 6.92 Å². The monoisotopic (exact) mass is 429 g/mol. The molecule has 0 aromatic carbocycles. The van der Waals surface area contributed by atoms with E-state index >= 15 is 0 Å². The van der Waals surface area contributed by atoms with Gasteiger partial charge in [-0.3, -0.25) is 9.59 Å². The first-order valence-electron chi connectivity index (χ1n) is 8.21. The molecular weight excluding hydrogens is 398 g/mol. The fourth-order valence-electron chi connectivity index (χ4n) is 1.23. The highest BCUT2D eigenvalue weighted by Gasteiger charge is 2.39. The Labute approximate surface area is 168 Å². The van der Waals surface area contributed by atoms with Crippen LogP contribution in [0.2, 0.25) is 0 Å². The molecule has 1 unspecified atom stereocenters. The normalized spacial score (nSPS) is 12.4. The molecule has 0 aliphatic carbocycles. The molecular formula is C16H31NO12. The van der Waals surface area contributed by atoms with Crippen LogP contribution in [0.1, 0.15) is 19.8 Å². The third-order valence-corrected chi connectivity index (χ3v) is 2.72. The van der Waals surface area contributed by atoms with Gasteiger partial charge in [-0.2, -0.15) is 0 Å². The Morgan fingerprint density at radius 2 is 1.45 bits per heavy atom. The number of aliphatic hydroxyl groups excluding tert-OH is 3. The number of hydrogen-bond donors (Lipinski definition) is 6. The highest BCUT2D eigenvalue weighted by Crippen LogP contribution is 2.16. The fourth-order valence-corrected chi connectivity index (χ4v) is 1.23. The molecule has 6 N–H and O–H groups in total. The highest BCUT2D eigenvalue weighted by atomic mass is 16.5. The number of rotatable bonds is 10. The predicted octanol–water partition coefficient (Wildman–Crippen LogP) is -4.00. The summed E-state index contributed by atoms with van der Waals surface area (Å²) in [6.07, 6.45) is -3.06. The summed E-state index contributed by atoms with van der Waals surface area (Å²) in [6.45, 7) is 0.897. The topological polar surface area (TPSA) is 222 Å². The number of aliphatic hydroxyl groups is 4. The molecule has 0 aromatic rings. The molecule has 0 spiro atoms. The summed E-state index contributed by atoms with van der Waals surface area (Å²) in [5, 5.41) is 60.1. The van der Waals surface area contributed by atoms with Gasteiger partial charge in [0.05, 0.1) is 40.8 Å². The van der Waals surface area contributed by atoms with E-state index in [0.29, 0.717) is 11.0 Å². The molecule has 172 valence electrons. The van der Waals surface area contributed by atoms with Crippen molar-refractivity contribution >= 4 is 23.9 Å². The van der Waals surface area contributed by atoms with E-state index in [9.17, 15) is 24.6 Å². The first-order chi connectivity index (χ1) is 13.0. The number of carbonyl (C=O) groups excluding carboxylic acids is 2. The third kappa shape index (κ3) is 23.6. The van der Waals surface area contributed by atoms with E-state index in [4.69, 9.17) is 35.1 Å². The average Bonchev–Trinajstić information content (AvgIpc) is 2.51. The van der Waals surface area contributed by atoms with E-state index in [1.54, 1.807) is 0 Å². The zero-order valence-electron chi connectivity index (χ0n) is 16.9. The van der Waals surface area contributed by atoms with Crippen LogP contribution in [-0.2, 0) is 23.9 Å². The van der Waals surface area contributed by atoms with E-state index in [1.165, 1.54) is 0 Å². The van der Waals surface area contributed by atoms with Crippen LogP contribution in [-0.4, -0.2) is 118 Å². The lowest BCUT2D eigenvalue weighted by Gasteiger charge is -2.25. The molecule has 13 heteroatoms. The molecule has 13 nitrogen and oxygen atoms in total. The number of aliphatic carboxylic acids is 3. The Morgan fingerprint density at radius 3 is 1.69 bits per heavy atom. The highest BCUT2D eigenvalue weighted by molar-refractivity contribution is 5.88. The molecule has 0 aliphatic heterocycles. The van der Waals surface area contributed by atoms with Gasteiger partial charge in [-0.05, 0) is 0 Å². The number of likely N-dealkylation sites (N-methyl/N-ethyl adjacent to an activating group) is 1. The van der Waals surface area contributed by atoms with Gasteiger partial charge in [-0.15, -0.1) is 0 Å². The van der Waals surface area contributed by atoms with Gasteiger partial charge in [0, 0.05) is 19.3 Å². The molecule has 0 saturated carbocycles. The van der Waals surface area contributed by atoms with Crippen LogP contribution in [0.3, 0.4) is 0 Å². The quantitative estimate of drug-likeness (QED) is 0.144. The Balaban J connectivity index is -0.000000556. The maximum atomic E-state index is 11.4. The molecule has 0 aliphatic rings. The molecule has 0 bridgehead atoms. The van der Waals surface area contributed by atoms with Crippen molar-refractivity contribution in [2.24, 2.45) is 0 Å². The minimum Gasteiger partial charge on any atom is -0.550 e. The molecule has 0 rings (SSSR count). The Kier molecular flexibility index (Phi) is 16.9. The standard InChI is InChI=1S/C11H19NO7.C3H8O3.C2H4O2/c1-12(2,3)4-5-19-9(15)7-11(18,10(16)17)6-8(13)14;4-1-3(6)2-5;1-2(3)4/h18H,4-7H2,1-3H3,(H-,13,14,16,17);3-6H,1-2H2;1H3,(H,3,4). The van der Waals surface area contributed by atoms with Crippen molar-refractivity contribution in [2.75, 3.05) is 47.5 Å². The van der Waals surface area contributed by atoms with Crippen LogP contribution in [0.25, 0.3) is 0 Å². The summed E-state index contributed by atoms with van der Waals surface area (Å²) in [5.74, 6) is -5.37. The summed E-state index contributed by atoms with van der Waals surface area (Å²) >= 11 is 0. The second-order valence-corrected chi connectivity index (χ2v) is 6.83. The first-order valence-corrected chi connectivity index (χ1v) is 8.21. The van der Waals surface area contributed by atoms with Gasteiger partial charge in [0.15, 0.2) is 5.60 Å². The van der Waals surface area contributed by atoms with Crippen molar-refractivity contribution in [3.8, 4) is 0 Å². The summed E-state index contributed by atoms with van der Waals surface area (Å²) in [6, 6.07) is 0.